The second-order valence-electron chi connectivity index (χ2n) is 7.22. The number of nitrogens with zero attached hydrogens (tertiary/aromatic N) is 1. The second kappa shape index (κ2) is 11.4. The molecule has 0 aliphatic rings. The zero-order chi connectivity index (χ0) is 25.6. The lowest BCUT2D eigenvalue weighted by Crippen LogP contribution is -2.33. The Balaban J connectivity index is 0.00000125. The maximum Gasteiger partial charge on any atom is 0.692 e. The molecule has 0 aliphatic carbocycles. The predicted octanol–water partition coefficient (Wildman–Crippen LogP) is 6.12. The molecule has 3 N–H and O–H groups in total. The molecule has 0 aromatic heterocycles. The summed E-state index contributed by atoms with van der Waals surface area (Å²) in [5.74, 6) is -0.391. The molecular weight excluding hydrogens is 499 g/mol. The number of halogens is 5. The lowest BCUT2D eigenvalue weighted by Gasteiger charge is -2.22. The van der Waals surface area contributed by atoms with Crippen molar-refractivity contribution in [1.82, 2.24) is 0 Å². The number of anilines is 1. The minimum Gasteiger partial charge on any atom is -0.456 e. The van der Waals surface area contributed by atoms with Crippen molar-refractivity contribution in [3.05, 3.63) is 51.5 Å². The Hall–Kier alpha value is -2.73. The van der Waals surface area contributed by atoms with Crippen LogP contribution >= 0.6 is 19.9 Å². The molecule has 182 valence electrons. The molecular formula is C18H19ClF4N2O7P+. The lowest BCUT2D eigenvalue weighted by molar-refractivity contribution is -0.384. The number of nitro groups is 1. The molecule has 2 aromatic rings. The molecule has 0 saturated carbocycles. The summed E-state index contributed by atoms with van der Waals surface area (Å²) in [5.41, 5.74) is -0.445. The van der Waals surface area contributed by atoms with Gasteiger partial charge in [0, 0.05) is 28.3 Å². The Morgan fingerprint density at radius 3 is 2.12 bits per heavy atom. The second-order valence-corrected chi connectivity index (χ2v) is 8.14. The lowest BCUT2D eigenvalue weighted by atomic mass is 10.1. The van der Waals surface area contributed by atoms with Gasteiger partial charge in [-0.05, 0) is 39.0 Å². The molecule has 0 fully saturated rings. The van der Waals surface area contributed by atoms with Crippen LogP contribution < -0.4 is 14.8 Å². The first-order valence-electron chi connectivity index (χ1n) is 8.76. The zero-order valence-electron chi connectivity index (χ0n) is 17.3. The smallest absolute Gasteiger partial charge is 0.456 e. The van der Waals surface area contributed by atoms with E-state index < -0.39 is 37.0 Å². The minimum atomic E-state index is -4.67. The molecule has 15 heteroatoms. The van der Waals surface area contributed by atoms with Crippen LogP contribution in [0.15, 0.2) is 36.4 Å². The van der Waals surface area contributed by atoms with Crippen LogP contribution in [0.4, 0.5) is 28.9 Å². The summed E-state index contributed by atoms with van der Waals surface area (Å²) in [6.45, 7) is 5.44. The minimum absolute atomic E-state index is 0.00921. The van der Waals surface area contributed by atoms with E-state index in [4.69, 9.17) is 30.7 Å². The number of alkyl halides is 4. The van der Waals surface area contributed by atoms with E-state index in [0.29, 0.717) is 0 Å². The van der Waals surface area contributed by atoms with Gasteiger partial charge in [-0.25, -0.2) is 0 Å². The third-order valence-electron chi connectivity index (χ3n) is 3.31. The molecule has 2 rings (SSSR count). The van der Waals surface area contributed by atoms with Crippen LogP contribution in [-0.2, 0) is 4.57 Å². The van der Waals surface area contributed by atoms with Gasteiger partial charge < -0.3 is 14.8 Å². The molecule has 0 saturated heterocycles. The highest BCUT2D eigenvalue weighted by atomic mass is 35.5. The molecule has 0 spiro atoms. The Morgan fingerprint density at radius 2 is 1.67 bits per heavy atom. The highest BCUT2D eigenvalue weighted by Crippen LogP contribution is 2.37. The van der Waals surface area contributed by atoms with Gasteiger partial charge in [-0.1, -0.05) is 11.6 Å². The Morgan fingerprint density at radius 1 is 1.12 bits per heavy atom. The van der Waals surface area contributed by atoms with Crippen molar-refractivity contribution in [1.29, 1.82) is 0 Å². The molecule has 0 unspecified atom stereocenters. The van der Waals surface area contributed by atoms with Gasteiger partial charge in [0.1, 0.15) is 22.9 Å². The Labute approximate surface area is 191 Å². The van der Waals surface area contributed by atoms with E-state index in [9.17, 15) is 27.7 Å². The van der Waals surface area contributed by atoms with Crippen LogP contribution in [0.1, 0.15) is 20.8 Å². The van der Waals surface area contributed by atoms with Gasteiger partial charge >= 0.3 is 20.8 Å². The summed E-state index contributed by atoms with van der Waals surface area (Å²) in [6, 6.07) is 6.98. The fraction of sp³-hybridized carbons (Fsp3) is 0.333. The first-order valence-corrected chi connectivity index (χ1v) is 10.3. The van der Waals surface area contributed by atoms with Crippen molar-refractivity contribution in [2.45, 2.75) is 38.8 Å². The van der Waals surface area contributed by atoms with Crippen molar-refractivity contribution in [2.75, 3.05) is 5.32 Å². The molecule has 33 heavy (non-hydrogen) atoms. The number of benzene rings is 2. The van der Waals surface area contributed by atoms with Gasteiger partial charge in [-0.15, -0.1) is 9.79 Å². The van der Waals surface area contributed by atoms with Gasteiger partial charge in [0.15, 0.2) is 0 Å². The van der Waals surface area contributed by atoms with Crippen LogP contribution in [0.3, 0.4) is 0 Å². The first-order chi connectivity index (χ1) is 15.0. The average molecular weight is 518 g/mol. The summed E-state index contributed by atoms with van der Waals surface area (Å²) in [4.78, 5) is 24.9. The van der Waals surface area contributed by atoms with Gasteiger partial charge in [0.25, 0.3) is 5.69 Å². The largest absolute Gasteiger partial charge is 0.692 e. The van der Waals surface area contributed by atoms with Gasteiger partial charge in [-0.3, -0.25) is 10.1 Å². The summed E-state index contributed by atoms with van der Waals surface area (Å²) in [5, 5.41) is 14.0. The average Bonchev–Trinajstić information content (AvgIpc) is 2.61. The standard InChI is InChI=1S/C18H17ClF4N2O4.HO3P/c1-17(2,3)24-13-9-10(4-6-14(13)25(26)27)28-15-7-5-11(8-12(15)19)29-18(22,23)16(20)21;1-4(2)3/h4-9,16,24H,1-3H3;(H-,1,2,3)/p+1. The number of rotatable bonds is 7. The third kappa shape index (κ3) is 9.74. The van der Waals surface area contributed by atoms with Crippen molar-refractivity contribution < 1.29 is 46.3 Å². The number of nitrogens with one attached hydrogen (secondary N) is 1. The van der Waals surface area contributed by atoms with E-state index in [1.807, 2.05) is 20.8 Å². The molecule has 2 aromatic carbocycles. The van der Waals surface area contributed by atoms with Crippen molar-refractivity contribution in [3.63, 3.8) is 0 Å². The number of hydrogen-bond acceptors (Lipinski definition) is 6. The molecule has 0 radical (unpaired) electrons. The van der Waals surface area contributed by atoms with E-state index in [0.717, 1.165) is 18.2 Å². The number of ether oxygens (including phenoxy) is 2. The first kappa shape index (κ1) is 28.3. The molecule has 0 bridgehead atoms. The van der Waals surface area contributed by atoms with E-state index in [1.165, 1.54) is 18.2 Å². The van der Waals surface area contributed by atoms with Crippen molar-refractivity contribution >= 4 is 31.2 Å². The van der Waals surface area contributed by atoms with Crippen molar-refractivity contribution in [3.8, 4) is 17.2 Å². The van der Waals surface area contributed by atoms with Crippen LogP contribution in [0.2, 0.25) is 5.02 Å². The van der Waals surface area contributed by atoms with Crippen LogP contribution in [0, 0.1) is 10.1 Å². The van der Waals surface area contributed by atoms with Gasteiger partial charge in [0.05, 0.1) is 9.95 Å². The highest BCUT2D eigenvalue weighted by Gasteiger charge is 2.44. The SMILES string of the molecule is CC(C)(C)Nc1cc(Oc2ccc(OC(F)(F)C(F)F)cc2Cl)ccc1[N+](=O)[O-].O=[P+](O)O. The predicted molar refractivity (Wildman–Crippen MR) is 112 cm³/mol. The summed E-state index contributed by atoms with van der Waals surface area (Å²) < 4.78 is 68.6. The van der Waals surface area contributed by atoms with E-state index in [2.05, 4.69) is 10.1 Å². The summed E-state index contributed by atoms with van der Waals surface area (Å²) in [7, 11) is -2.87. The van der Waals surface area contributed by atoms with E-state index in [-0.39, 0.29) is 27.9 Å². The topological polar surface area (TPSA) is 131 Å². The normalized spacial score (nSPS) is 11.4. The number of hydrogen-bond donors (Lipinski definition) is 3. The molecule has 0 amide bonds. The monoisotopic (exact) mass is 517 g/mol. The maximum absolute atomic E-state index is 13.0. The maximum atomic E-state index is 13.0. The third-order valence-corrected chi connectivity index (χ3v) is 3.61. The molecule has 9 nitrogen and oxygen atoms in total. The van der Waals surface area contributed by atoms with Gasteiger partial charge in [0.2, 0.25) is 0 Å². The summed E-state index contributed by atoms with van der Waals surface area (Å²) in [6.07, 6.45) is -8.68. The van der Waals surface area contributed by atoms with E-state index >= 15 is 0 Å². The molecule has 0 heterocycles. The van der Waals surface area contributed by atoms with Crippen LogP contribution in [-0.4, -0.2) is 32.8 Å². The van der Waals surface area contributed by atoms with Gasteiger partial charge in [-0.2, -0.15) is 17.6 Å². The Bertz CT molecular complexity index is 1000. The number of nitro benzene ring substituents is 1. The highest BCUT2D eigenvalue weighted by molar-refractivity contribution is 7.30. The zero-order valence-corrected chi connectivity index (χ0v) is 18.9. The van der Waals surface area contributed by atoms with Crippen molar-refractivity contribution in [2.24, 2.45) is 0 Å². The van der Waals surface area contributed by atoms with Crippen LogP contribution in [0.25, 0.3) is 0 Å². The quantitative estimate of drug-likeness (QED) is 0.173. The summed E-state index contributed by atoms with van der Waals surface area (Å²) >= 11 is 5.95. The molecule has 0 atom stereocenters. The Kier molecular flexibility index (Phi) is 9.79. The molecule has 0 aliphatic heterocycles. The fourth-order valence-electron chi connectivity index (χ4n) is 2.20. The fourth-order valence-corrected chi connectivity index (χ4v) is 2.41. The van der Waals surface area contributed by atoms with Crippen LogP contribution in [0.5, 0.6) is 17.2 Å². The van der Waals surface area contributed by atoms with E-state index in [1.54, 1.807) is 0 Å².